The zero-order valence-corrected chi connectivity index (χ0v) is 32.5. The Labute approximate surface area is 293 Å². The number of aromatic nitrogens is 3. The van der Waals surface area contributed by atoms with Gasteiger partial charge in [-0.1, -0.05) is 46.8 Å². The molecule has 1 saturated heterocycles. The topological polar surface area (TPSA) is 184 Å². The van der Waals surface area contributed by atoms with Crippen molar-refractivity contribution in [3.63, 3.8) is 0 Å². The van der Waals surface area contributed by atoms with Gasteiger partial charge in [0.25, 0.3) is 0 Å². The summed E-state index contributed by atoms with van der Waals surface area (Å²) in [4.78, 5) is 54.0. The van der Waals surface area contributed by atoms with Crippen molar-refractivity contribution in [1.29, 1.82) is 0 Å². The summed E-state index contributed by atoms with van der Waals surface area (Å²) in [6.07, 6.45) is 3.86. The van der Waals surface area contributed by atoms with Crippen molar-refractivity contribution < 1.29 is 43.4 Å². The van der Waals surface area contributed by atoms with Crippen LogP contribution < -0.4 is 31.9 Å². The maximum Gasteiger partial charge on any atom is 0.328 e. The summed E-state index contributed by atoms with van der Waals surface area (Å²) in [7, 11) is 1.26. The van der Waals surface area contributed by atoms with E-state index in [-0.39, 0.29) is 43.8 Å². The van der Waals surface area contributed by atoms with E-state index in [0.717, 1.165) is 70.9 Å². The van der Waals surface area contributed by atoms with Crippen molar-refractivity contribution in [2.45, 2.75) is 85.6 Å². The number of nitrogens with zero attached hydrogens (tertiary/aromatic N) is 4. The molecule has 47 heavy (non-hydrogen) atoms. The Hall–Kier alpha value is -2.52. The Balaban J connectivity index is 0.0000110. The van der Waals surface area contributed by atoms with Crippen LogP contribution in [0.15, 0.2) is 6.20 Å². The molecule has 0 radical (unpaired) electrons. The maximum absolute atomic E-state index is 13.4. The minimum atomic E-state index is -0.919. The fraction of sp³-hybridized carbons (Fsp3) is 0.806. The summed E-state index contributed by atoms with van der Waals surface area (Å²) >= 11 is 0. The second-order valence-corrected chi connectivity index (χ2v) is 12.9. The molecule has 1 aliphatic heterocycles. The Kier molecular flexibility index (Phi) is 20.8. The molecule has 1 fully saturated rings. The molecule has 0 unspecified atom stereocenters. The van der Waals surface area contributed by atoms with Crippen LogP contribution in [0.2, 0.25) is 0 Å². The average molecular weight is 716 g/mol. The van der Waals surface area contributed by atoms with E-state index in [4.69, 9.17) is 4.74 Å². The zero-order valence-electron chi connectivity index (χ0n) is 29.6. The second-order valence-electron chi connectivity index (χ2n) is 12.9. The number of methoxy groups -OCH3 is 1. The van der Waals surface area contributed by atoms with Gasteiger partial charge in [-0.15, -0.1) is 5.10 Å². The minimum absolute atomic E-state index is 0. The molecule has 264 valence electrons. The number of hydrogen-bond donors (Lipinski definition) is 6. The van der Waals surface area contributed by atoms with E-state index in [1.165, 1.54) is 11.8 Å². The van der Waals surface area contributed by atoms with Gasteiger partial charge in [-0.05, 0) is 56.8 Å². The molecular weight excluding hydrogens is 658 g/mol. The summed E-state index contributed by atoms with van der Waals surface area (Å²) in [5.41, 5.74) is 0.765. The molecule has 0 bridgehead atoms. The van der Waals surface area contributed by atoms with Gasteiger partial charge in [0.1, 0.15) is 24.7 Å². The van der Waals surface area contributed by atoms with Gasteiger partial charge < -0.3 is 36.6 Å². The van der Waals surface area contributed by atoms with Gasteiger partial charge >= 0.3 is 5.97 Å². The van der Waals surface area contributed by atoms with Gasteiger partial charge in [0, 0.05) is 52.2 Å². The van der Waals surface area contributed by atoms with Crippen LogP contribution in [-0.4, -0.2) is 121 Å². The monoisotopic (exact) mass is 714 g/mol. The van der Waals surface area contributed by atoms with Crippen LogP contribution >= 0.6 is 0 Å². The summed E-state index contributed by atoms with van der Waals surface area (Å²) in [5.74, 6) is -2.69. The molecule has 1 aliphatic rings. The SMILES string of the molecule is COC(=O)[C@@H](NC(=O)[C@@H](NC(=O)[C@@H](NC(=O)Cn1cc(CN2CCCNCCNCCCNCC2)nn1)C(C)C)C(C)C)C(C)C.[Zn]. The smallest absolute Gasteiger partial charge is 0.328 e. The second kappa shape index (κ2) is 22.9. The summed E-state index contributed by atoms with van der Waals surface area (Å²) < 4.78 is 6.29. The molecule has 3 atom stereocenters. The van der Waals surface area contributed by atoms with E-state index in [9.17, 15) is 19.2 Å². The van der Waals surface area contributed by atoms with Crippen molar-refractivity contribution in [2.24, 2.45) is 17.8 Å². The van der Waals surface area contributed by atoms with Crippen molar-refractivity contribution in [3.8, 4) is 0 Å². The molecule has 3 amide bonds. The Morgan fingerprint density at radius 3 is 1.87 bits per heavy atom. The average Bonchev–Trinajstić information content (AvgIpc) is 3.44. The van der Waals surface area contributed by atoms with Crippen molar-refractivity contribution in [2.75, 3.05) is 59.5 Å². The van der Waals surface area contributed by atoms with Crippen LogP contribution in [0, 0.1) is 17.8 Å². The Morgan fingerprint density at radius 1 is 0.766 bits per heavy atom. The fourth-order valence-corrected chi connectivity index (χ4v) is 5.09. The third-order valence-electron chi connectivity index (χ3n) is 7.83. The Bertz CT molecular complexity index is 1070. The molecule has 0 aromatic carbocycles. The summed E-state index contributed by atoms with van der Waals surface area (Å²) in [5, 5.41) is 27.1. The molecule has 0 aliphatic carbocycles. The third-order valence-corrected chi connectivity index (χ3v) is 7.83. The molecule has 0 saturated carbocycles. The normalized spacial score (nSPS) is 17.6. The summed E-state index contributed by atoms with van der Waals surface area (Å²) in [6, 6.07) is -2.66. The van der Waals surface area contributed by atoms with Gasteiger partial charge in [-0.3, -0.25) is 19.3 Å². The number of nitrogens with one attached hydrogen (secondary N) is 6. The number of amides is 3. The predicted octanol–water partition coefficient (Wildman–Crippen LogP) is -0.764. The standard InChI is InChI=1S/C31H58N10O5.Zn/c1-21(2)26(29(43)36-27(22(3)4)30(44)37-28(23(5)6)31(45)46-7)35-25(42)20-41-19-24(38-39-41)18-40-16-9-12-33-14-13-32-10-8-11-34-15-17-40;/h19,21-23,26-28,32-34H,8-18,20H2,1-7H3,(H,35,42)(H,36,43)(H,37,44);/t26-,27-,28-;/m0./s1. The molecule has 2 heterocycles. The van der Waals surface area contributed by atoms with E-state index < -0.39 is 41.8 Å². The number of hydrogen-bond acceptors (Lipinski definition) is 11. The van der Waals surface area contributed by atoms with Crippen LogP contribution in [0.25, 0.3) is 0 Å². The minimum Gasteiger partial charge on any atom is -0.467 e. The van der Waals surface area contributed by atoms with E-state index in [1.807, 2.05) is 13.8 Å². The quantitative estimate of drug-likeness (QED) is 0.112. The predicted molar refractivity (Wildman–Crippen MR) is 175 cm³/mol. The largest absolute Gasteiger partial charge is 0.467 e. The third kappa shape index (κ3) is 16.0. The number of ether oxygens (including phenoxy) is 1. The molecule has 0 spiro atoms. The zero-order chi connectivity index (χ0) is 34.1. The van der Waals surface area contributed by atoms with E-state index >= 15 is 0 Å². The molecule has 15 nitrogen and oxygen atoms in total. The summed E-state index contributed by atoms with van der Waals surface area (Å²) in [6.45, 7) is 18.8. The first kappa shape index (κ1) is 42.5. The maximum atomic E-state index is 13.4. The molecule has 1 aromatic rings. The molecule has 16 heteroatoms. The Morgan fingerprint density at radius 2 is 1.30 bits per heavy atom. The first-order valence-electron chi connectivity index (χ1n) is 16.6. The first-order chi connectivity index (χ1) is 21.9. The molecule has 2 rings (SSSR count). The molecular formula is C31H58N10O5Zn. The number of rotatable bonds is 13. The van der Waals surface area contributed by atoms with Crippen LogP contribution in [0.1, 0.15) is 60.1 Å². The van der Waals surface area contributed by atoms with Gasteiger partial charge in [0.15, 0.2) is 0 Å². The number of carbonyl (C=O) groups is 4. The van der Waals surface area contributed by atoms with Crippen molar-refractivity contribution in [3.05, 3.63) is 11.9 Å². The fourth-order valence-electron chi connectivity index (χ4n) is 5.09. The van der Waals surface area contributed by atoms with Gasteiger partial charge in [-0.25, -0.2) is 9.48 Å². The van der Waals surface area contributed by atoms with Crippen molar-refractivity contribution >= 4 is 23.7 Å². The van der Waals surface area contributed by atoms with Crippen LogP contribution in [0.4, 0.5) is 0 Å². The molecule has 1 aromatic heterocycles. The van der Waals surface area contributed by atoms with E-state index in [0.29, 0.717) is 6.54 Å². The van der Waals surface area contributed by atoms with Gasteiger partial charge in [0.05, 0.1) is 19.0 Å². The molecule has 6 N–H and O–H groups in total. The van der Waals surface area contributed by atoms with Crippen LogP contribution in [0.5, 0.6) is 0 Å². The van der Waals surface area contributed by atoms with E-state index in [1.54, 1.807) is 33.9 Å². The number of carbonyl (C=O) groups excluding carboxylic acids is 4. The first-order valence-corrected chi connectivity index (χ1v) is 16.6. The van der Waals surface area contributed by atoms with E-state index in [2.05, 4.69) is 47.1 Å². The van der Waals surface area contributed by atoms with Crippen LogP contribution in [-0.2, 0) is 56.5 Å². The number of esters is 1. The van der Waals surface area contributed by atoms with Gasteiger partial charge in [-0.2, -0.15) is 0 Å². The van der Waals surface area contributed by atoms with Crippen LogP contribution in [0.3, 0.4) is 0 Å². The van der Waals surface area contributed by atoms with Crippen molar-refractivity contribution in [1.82, 2.24) is 51.8 Å². The van der Waals surface area contributed by atoms with Gasteiger partial charge in [0.2, 0.25) is 17.7 Å².